The van der Waals surface area contributed by atoms with Crippen LogP contribution in [0.25, 0.3) is 0 Å². The standard InChI is InChI=1S/C22H31N5O2/c1-16-12-27(13-17-6-3-2-4-7-17)14-20(16)21-23-10-19(25-26-21)11-24-22(28)18-8-5-9-29-15-18/h2-4,6-7,16,18,20H,5,8-15H2,1H3,(H,23,26)(H,24,28). The number of nitrogens with zero attached hydrogens (tertiary/aromatic N) is 3. The molecule has 3 unspecified atom stereocenters. The Balaban J connectivity index is 1.24. The molecule has 2 N–H and O–H groups in total. The summed E-state index contributed by atoms with van der Waals surface area (Å²) < 4.78 is 5.39. The van der Waals surface area contributed by atoms with Gasteiger partial charge in [-0.1, -0.05) is 37.3 Å². The lowest BCUT2D eigenvalue weighted by molar-refractivity contribution is -0.128. The van der Waals surface area contributed by atoms with Gasteiger partial charge in [0, 0.05) is 32.2 Å². The van der Waals surface area contributed by atoms with E-state index in [0.717, 1.165) is 50.6 Å². The summed E-state index contributed by atoms with van der Waals surface area (Å²) in [7, 11) is 0. The number of hydrazone groups is 1. The van der Waals surface area contributed by atoms with Crippen LogP contribution in [0.15, 0.2) is 40.4 Å². The predicted molar refractivity (Wildman–Crippen MR) is 114 cm³/mol. The summed E-state index contributed by atoms with van der Waals surface area (Å²) in [6.07, 6.45) is 1.85. The summed E-state index contributed by atoms with van der Waals surface area (Å²) >= 11 is 0. The molecular weight excluding hydrogens is 366 g/mol. The molecule has 4 rings (SSSR count). The number of aliphatic imine (C=N–C) groups is 1. The second-order valence-corrected chi connectivity index (χ2v) is 8.39. The van der Waals surface area contributed by atoms with E-state index in [1.54, 1.807) is 0 Å². The molecular formula is C22H31N5O2. The number of hydrogen-bond donors (Lipinski definition) is 2. The Morgan fingerprint density at radius 2 is 2.17 bits per heavy atom. The van der Waals surface area contributed by atoms with Gasteiger partial charge in [0.05, 0.1) is 31.3 Å². The molecule has 2 fully saturated rings. The SMILES string of the molecule is CC1CN(Cc2ccccc2)CC1C1=NCC(CNC(=O)C2CCCOC2)=NN1. The fourth-order valence-corrected chi connectivity index (χ4v) is 4.35. The first-order valence-electron chi connectivity index (χ1n) is 10.7. The molecule has 1 amide bonds. The highest BCUT2D eigenvalue weighted by Crippen LogP contribution is 2.25. The monoisotopic (exact) mass is 397 g/mol. The van der Waals surface area contributed by atoms with Crippen molar-refractivity contribution in [1.82, 2.24) is 15.6 Å². The van der Waals surface area contributed by atoms with Crippen molar-refractivity contribution in [3.05, 3.63) is 35.9 Å². The third kappa shape index (κ3) is 5.22. The number of carbonyl (C=O) groups is 1. The maximum atomic E-state index is 12.2. The molecule has 0 spiro atoms. The van der Waals surface area contributed by atoms with Crippen molar-refractivity contribution in [2.24, 2.45) is 27.8 Å². The van der Waals surface area contributed by atoms with E-state index in [1.165, 1.54) is 5.56 Å². The smallest absolute Gasteiger partial charge is 0.225 e. The van der Waals surface area contributed by atoms with Crippen LogP contribution >= 0.6 is 0 Å². The normalized spacial score (nSPS) is 27.7. The molecule has 0 aliphatic carbocycles. The average molecular weight is 398 g/mol. The second-order valence-electron chi connectivity index (χ2n) is 8.39. The maximum absolute atomic E-state index is 12.2. The van der Waals surface area contributed by atoms with Crippen molar-refractivity contribution in [3.63, 3.8) is 0 Å². The van der Waals surface area contributed by atoms with Crippen LogP contribution in [0.2, 0.25) is 0 Å². The third-order valence-corrected chi connectivity index (χ3v) is 6.05. The minimum absolute atomic E-state index is 0.0325. The highest BCUT2D eigenvalue weighted by molar-refractivity contribution is 5.97. The largest absolute Gasteiger partial charge is 0.381 e. The van der Waals surface area contributed by atoms with Gasteiger partial charge in [-0.2, -0.15) is 5.10 Å². The number of likely N-dealkylation sites (tertiary alicyclic amines) is 1. The van der Waals surface area contributed by atoms with Crippen molar-refractivity contribution in [3.8, 4) is 0 Å². The number of amides is 1. The number of nitrogens with one attached hydrogen (secondary N) is 2. The number of amidine groups is 1. The first-order chi connectivity index (χ1) is 14.2. The molecule has 29 heavy (non-hydrogen) atoms. The Morgan fingerprint density at radius 3 is 2.90 bits per heavy atom. The first kappa shape index (κ1) is 20.0. The molecule has 0 saturated carbocycles. The zero-order chi connectivity index (χ0) is 20.1. The highest BCUT2D eigenvalue weighted by atomic mass is 16.5. The number of carbonyl (C=O) groups excluding carboxylic acids is 1. The van der Waals surface area contributed by atoms with E-state index in [2.05, 4.69) is 58.0 Å². The summed E-state index contributed by atoms with van der Waals surface area (Å²) in [5.41, 5.74) is 5.38. The molecule has 2 saturated heterocycles. The number of rotatable bonds is 6. The van der Waals surface area contributed by atoms with Gasteiger partial charge in [0.1, 0.15) is 5.84 Å². The van der Waals surface area contributed by atoms with Gasteiger partial charge in [-0.05, 0) is 24.3 Å². The van der Waals surface area contributed by atoms with Crippen LogP contribution < -0.4 is 10.7 Å². The van der Waals surface area contributed by atoms with E-state index in [1.807, 2.05) is 0 Å². The van der Waals surface area contributed by atoms with Crippen LogP contribution in [0.5, 0.6) is 0 Å². The zero-order valence-corrected chi connectivity index (χ0v) is 17.1. The third-order valence-electron chi connectivity index (χ3n) is 6.05. The van der Waals surface area contributed by atoms with Gasteiger partial charge in [-0.25, -0.2) is 0 Å². The molecule has 1 aromatic carbocycles. The van der Waals surface area contributed by atoms with Crippen LogP contribution in [0, 0.1) is 17.8 Å². The molecule has 0 bridgehead atoms. The molecule has 156 valence electrons. The van der Waals surface area contributed by atoms with Gasteiger partial charge in [0.15, 0.2) is 0 Å². The maximum Gasteiger partial charge on any atom is 0.225 e. The fourth-order valence-electron chi connectivity index (χ4n) is 4.35. The van der Waals surface area contributed by atoms with Crippen LogP contribution in [-0.4, -0.2) is 61.7 Å². The van der Waals surface area contributed by atoms with Crippen molar-refractivity contribution in [2.45, 2.75) is 26.3 Å². The molecule has 3 aliphatic heterocycles. The quantitative estimate of drug-likeness (QED) is 0.765. The number of hydrogen-bond acceptors (Lipinski definition) is 6. The van der Waals surface area contributed by atoms with E-state index in [4.69, 9.17) is 9.73 Å². The minimum atomic E-state index is -0.0325. The van der Waals surface area contributed by atoms with E-state index in [0.29, 0.717) is 31.5 Å². The topological polar surface area (TPSA) is 78.3 Å². The average Bonchev–Trinajstić information content (AvgIpc) is 3.13. The van der Waals surface area contributed by atoms with Crippen LogP contribution in [0.1, 0.15) is 25.3 Å². The lowest BCUT2D eigenvalue weighted by Gasteiger charge is -2.23. The van der Waals surface area contributed by atoms with E-state index >= 15 is 0 Å². The Kier molecular flexibility index (Phi) is 6.56. The van der Waals surface area contributed by atoms with Gasteiger partial charge in [-0.15, -0.1) is 0 Å². The van der Waals surface area contributed by atoms with Crippen molar-refractivity contribution in [2.75, 3.05) is 39.4 Å². The lowest BCUT2D eigenvalue weighted by atomic mass is 9.97. The fraction of sp³-hybridized carbons (Fsp3) is 0.591. The Bertz CT molecular complexity index is 758. The second kappa shape index (κ2) is 9.50. The highest BCUT2D eigenvalue weighted by Gasteiger charge is 2.34. The molecule has 7 heteroatoms. The van der Waals surface area contributed by atoms with Gasteiger partial charge in [0.25, 0.3) is 0 Å². The summed E-state index contributed by atoms with van der Waals surface area (Å²) in [5, 5.41) is 7.47. The summed E-state index contributed by atoms with van der Waals surface area (Å²) in [4.78, 5) is 19.5. The van der Waals surface area contributed by atoms with Gasteiger partial charge in [-0.3, -0.25) is 20.1 Å². The summed E-state index contributed by atoms with van der Waals surface area (Å²) in [6.45, 7) is 7.59. The molecule has 3 aliphatic rings. The minimum Gasteiger partial charge on any atom is -0.381 e. The van der Waals surface area contributed by atoms with Crippen molar-refractivity contribution < 1.29 is 9.53 Å². The van der Waals surface area contributed by atoms with Gasteiger partial charge >= 0.3 is 0 Å². The van der Waals surface area contributed by atoms with E-state index in [9.17, 15) is 4.79 Å². The van der Waals surface area contributed by atoms with Crippen LogP contribution in [0.3, 0.4) is 0 Å². The molecule has 3 heterocycles. The van der Waals surface area contributed by atoms with Crippen molar-refractivity contribution >= 4 is 17.5 Å². The van der Waals surface area contributed by atoms with Crippen LogP contribution in [0.4, 0.5) is 0 Å². The first-order valence-corrected chi connectivity index (χ1v) is 10.7. The molecule has 0 radical (unpaired) electrons. The van der Waals surface area contributed by atoms with Gasteiger partial charge in [0.2, 0.25) is 5.91 Å². The number of benzene rings is 1. The Morgan fingerprint density at radius 1 is 1.31 bits per heavy atom. The van der Waals surface area contributed by atoms with Crippen LogP contribution in [-0.2, 0) is 16.1 Å². The Labute approximate surface area is 172 Å². The summed E-state index contributed by atoms with van der Waals surface area (Å²) in [5.74, 6) is 1.91. The molecule has 1 aromatic rings. The zero-order valence-electron chi connectivity index (χ0n) is 17.1. The molecule has 0 aromatic heterocycles. The predicted octanol–water partition coefficient (Wildman–Crippen LogP) is 1.66. The summed E-state index contributed by atoms with van der Waals surface area (Å²) in [6, 6.07) is 10.6. The van der Waals surface area contributed by atoms with E-state index in [-0.39, 0.29) is 11.8 Å². The Hall–Kier alpha value is -2.25. The molecule has 3 atom stereocenters. The number of ether oxygens (including phenoxy) is 1. The van der Waals surface area contributed by atoms with Crippen molar-refractivity contribution in [1.29, 1.82) is 0 Å². The van der Waals surface area contributed by atoms with Gasteiger partial charge < -0.3 is 10.1 Å². The lowest BCUT2D eigenvalue weighted by Crippen LogP contribution is -2.42. The molecule has 7 nitrogen and oxygen atoms in total. The van der Waals surface area contributed by atoms with E-state index < -0.39 is 0 Å².